The van der Waals surface area contributed by atoms with Crippen molar-refractivity contribution < 1.29 is 5.11 Å². The molecule has 0 aliphatic rings. The van der Waals surface area contributed by atoms with Gasteiger partial charge in [0.1, 0.15) is 5.75 Å². The number of aromatic nitrogens is 1. The van der Waals surface area contributed by atoms with E-state index in [9.17, 15) is 5.11 Å². The van der Waals surface area contributed by atoms with Crippen LogP contribution in [0.1, 0.15) is 13.3 Å². The van der Waals surface area contributed by atoms with Gasteiger partial charge < -0.3 is 15.4 Å². The van der Waals surface area contributed by atoms with Crippen LogP contribution in [0.15, 0.2) is 48.5 Å². The first-order valence-corrected chi connectivity index (χ1v) is 6.87. The molecule has 0 saturated carbocycles. The number of phenolic OH excluding ortho intramolecular Hbond substituents is 1. The van der Waals surface area contributed by atoms with Crippen molar-refractivity contribution in [3.8, 4) is 17.0 Å². The summed E-state index contributed by atoms with van der Waals surface area (Å²) >= 11 is 0. The molecule has 2 aromatic carbocycles. The topological polar surface area (TPSA) is 51.2 Å². The van der Waals surface area contributed by atoms with Crippen molar-refractivity contribution in [2.75, 3.05) is 5.73 Å². The number of anilines is 1. The molecule has 0 unspecified atom stereocenters. The lowest BCUT2D eigenvalue weighted by Crippen LogP contribution is -1.99. The van der Waals surface area contributed by atoms with Crippen LogP contribution in [0.5, 0.6) is 5.75 Å². The summed E-state index contributed by atoms with van der Waals surface area (Å²) in [6.45, 7) is 3.08. The minimum absolute atomic E-state index is 0.303. The molecule has 0 radical (unpaired) electrons. The quantitative estimate of drug-likeness (QED) is 0.704. The molecule has 1 heterocycles. The van der Waals surface area contributed by atoms with E-state index in [1.54, 1.807) is 6.07 Å². The van der Waals surface area contributed by atoms with Crippen molar-refractivity contribution in [3.05, 3.63) is 48.5 Å². The van der Waals surface area contributed by atoms with Gasteiger partial charge in [0.15, 0.2) is 0 Å². The third kappa shape index (κ3) is 2.11. The van der Waals surface area contributed by atoms with Crippen LogP contribution in [0.4, 0.5) is 5.69 Å². The molecule has 3 N–H and O–H groups in total. The van der Waals surface area contributed by atoms with Crippen LogP contribution >= 0.6 is 0 Å². The Morgan fingerprint density at radius 3 is 2.50 bits per heavy atom. The van der Waals surface area contributed by atoms with Crippen molar-refractivity contribution in [1.29, 1.82) is 0 Å². The normalized spacial score (nSPS) is 11.1. The Labute approximate surface area is 118 Å². The Morgan fingerprint density at radius 1 is 1.05 bits per heavy atom. The second kappa shape index (κ2) is 4.93. The number of benzene rings is 2. The van der Waals surface area contributed by atoms with Crippen LogP contribution in [0, 0.1) is 0 Å². The van der Waals surface area contributed by atoms with Gasteiger partial charge in [0, 0.05) is 29.4 Å². The van der Waals surface area contributed by atoms with Crippen LogP contribution in [-0.2, 0) is 6.54 Å². The highest BCUT2D eigenvalue weighted by Gasteiger charge is 2.10. The summed E-state index contributed by atoms with van der Waals surface area (Å²) in [6, 6.07) is 15.6. The smallest absolute Gasteiger partial charge is 0.117 e. The van der Waals surface area contributed by atoms with Crippen molar-refractivity contribution in [2.24, 2.45) is 0 Å². The van der Waals surface area contributed by atoms with E-state index in [0.717, 1.165) is 40.8 Å². The van der Waals surface area contributed by atoms with Crippen LogP contribution < -0.4 is 5.73 Å². The van der Waals surface area contributed by atoms with Gasteiger partial charge in [-0.1, -0.05) is 19.1 Å². The SMILES string of the molecule is CCCn1c(-c2ccc(N)cc2)cc2ccc(O)cc21. The molecule has 3 heteroatoms. The van der Waals surface area contributed by atoms with Crippen molar-refractivity contribution in [1.82, 2.24) is 4.57 Å². The second-order valence-electron chi connectivity index (χ2n) is 5.05. The molecule has 3 aromatic rings. The number of nitrogen functional groups attached to an aromatic ring is 1. The monoisotopic (exact) mass is 266 g/mol. The number of fused-ring (bicyclic) bond motifs is 1. The zero-order valence-electron chi connectivity index (χ0n) is 11.5. The number of rotatable bonds is 3. The van der Waals surface area contributed by atoms with Crippen molar-refractivity contribution in [2.45, 2.75) is 19.9 Å². The van der Waals surface area contributed by atoms with Crippen LogP contribution in [-0.4, -0.2) is 9.67 Å². The van der Waals surface area contributed by atoms with E-state index in [1.165, 1.54) is 0 Å². The minimum Gasteiger partial charge on any atom is -0.508 e. The van der Waals surface area contributed by atoms with Crippen molar-refractivity contribution >= 4 is 16.6 Å². The largest absolute Gasteiger partial charge is 0.508 e. The fraction of sp³-hybridized carbons (Fsp3) is 0.176. The highest BCUT2D eigenvalue weighted by Crippen LogP contribution is 2.31. The highest BCUT2D eigenvalue weighted by atomic mass is 16.3. The summed E-state index contributed by atoms with van der Waals surface area (Å²) < 4.78 is 2.25. The lowest BCUT2D eigenvalue weighted by atomic mass is 10.1. The van der Waals surface area contributed by atoms with Gasteiger partial charge in [-0.3, -0.25) is 0 Å². The maximum Gasteiger partial charge on any atom is 0.117 e. The Kier molecular flexibility index (Phi) is 3.11. The Bertz CT molecular complexity index is 742. The maximum atomic E-state index is 9.71. The Hall–Kier alpha value is -2.42. The molecule has 1 aromatic heterocycles. The predicted octanol–water partition coefficient (Wildman–Crippen LogP) is 4.01. The van der Waals surface area contributed by atoms with E-state index < -0.39 is 0 Å². The third-order valence-electron chi connectivity index (χ3n) is 3.54. The van der Waals surface area contributed by atoms with Gasteiger partial charge in [-0.05, 0) is 42.3 Å². The summed E-state index contributed by atoms with van der Waals surface area (Å²) in [5.74, 6) is 0.303. The molecule has 0 saturated heterocycles. The number of nitrogens with two attached hydrogens (primary N) is 1. The molecule has 0 bridgehead atoms. The van der Waals surface area contributed by atoms with Gasteiger partial charge in [0.05, 0.1) is 5.52 Å². The summed E-state index contributed by atoms with van der Waals surface area (Å²) in [7, 11) is 0. The zero-order chi connectivity index (χ0) is 14.1. The molecule has 0 aliphatic heterocycles. The molecule has 20 heavy (non-hydrogen) atoms. The van der Waals surface area contributed by atoms with E-state index in [1.807, 2.05) is 36.4 Å². The summed E-state index contributed by atoms with van der Waals surface area (Å²) in [4.78, 5) is 0. The molecule has 3 nitrogen and oxygen atoms in total. The van der Waals surface area contributed by atoms with E-state index in [2.05, 4.69) is 17.6 Å². The number of aromatic hydroxyl groups is 1. The van der Waals surface area contributed by atoms with E-state index in [4.69, 9.17) is 5.73 Å². The molecule has 102 valence electrons. The number of nitrogens with zero attached hydrogens (tertiary/aromatic N) is 1. The standard InChI is InChI=1S/C17H18N2O/c1-2-9-19-16(12-3-6-14(18)7-4-12)10-13-5-8-15(20)11-17(13)19/h3-8,10-11,20H,2,9,18H2,1H3. The third-order valence-corrected chi connectivity index (χ3v) is 3.54. The van der Waals surface area contributed by atoms with Gasteiger partial charge in [-0.25, -0.2) is 0 Å². The first kappa shape index (κ1) is 12.6. The van der Waals surface area contributed by atoms with E-state index in [-0.39, 0.29) is 0 Å². The van der Waals surface area contributed by atoms with Gasteiger partial charge in [-0.2, -0.15) is 0 Å². The average Bonchev–Trinajstić information content (AvgIpc) is 2.79. The molecule has 0 spiro atoms. The lowest BCUT2D eigenvalue weighted by Gasteiger charge is -2.10. The van der Waals surface area contributed by atoms with Gasteiger partial charge in [0.2, 0.25) is 0 Å². The summed E-state index contributed by atoms with van der Waals surface area (Å²) in [5, 5.41) is 10.9. The van der Waals surface area contributed by atoms with Crippen molar-refractivity contribution in [3.63, 3.8) is 0 Å². The summed E-state index contributed by atoms with van der Waals surface area (Å²) in [5.41, 5.74) is 9.89. The van der Waals surface area contributed by atoms with Gasteiger partial charge in [-0.15, -0.1) is 0 Å². The van der Waals surface area contributed by atoms with Crippen LogP contribution in [0.3, 0.4) is 0 Å². The van der Waals surface area contributed by atoms with E-state index >= 15 is 0 Å². The molecule has 0 atom stereocenters. The molecule has 3 rings (SSSR count). The van der Waals surface area contributed by atoms with Crippen LogP contribution in [0.2, 0.25) is 0 Å². The Morgan fingerprint density at radius 2 is 1.80 bits per heavy atom. The van der Waals surface area contributed by atoms with Crippen LogP contribution in [0.25, 0.3) is 22.2 Å². The number of hydrogen-bond acceptors (Lipinski definition) is 2. The van der Waals surface area contributed by atoms with Gasteiger partial charge in [0.25, 0.3) is 0 Å². The Balaban J connectivity index is 2.23. The average molecular weight is 266 g/mol. The maximum absolute atomic E-state index is 9.71. The molecule has 0 amide bonds. The fourth-order valence-electron chi connectivity index (χ4n) is 2.60. The lowest BCUT2D eigenvalue weighted by molar-refractivity contribution is 0.476. The fourth-order valence-corrected chi connectivity index (χ4v) is 2.60. The number of phenols is 1. The summed E-state index contributed by atoms with van der Waals surface area (Å²) in [6.07, 6.45) is 1.04. The molecular formula is C17H18N2O. The minimum atomic E-state index is 0.303. The highest BCUT2D eigenvalue weighted by molar-refractivity contribution is 5.88. The first-order valence-electron chi connectivity index (χ1n) is 6.87. The molecule has 0 fully saturated rings. The van der Waals surface area contributed by atoms with E-state index in [0.29, 0.717) is 5.75 Å². The zero-order valence-corrected chi connectivity index (χ0v) is 11.5. The number of hydrogen-bond donors (Lipinski definition) is 2. The predicted molar refractivity (Wildman–Crippen MR) is 83.7 cm³/mol. The first-order chi connectivity index (χ1) is 9.69. The number of aryl methyl sites for hydroxylation is 1. The molecule has 0 aliphatic carbocycles. The molecular weight excluding hydrogens is 248 g/mol. The second-order valence-corrected chi connectivity index (χ2v) is 5.05. The van der Waals surface area contributed by atoms with Gasteiger partial charge >= 0.3 is 0 Å².